The zero-order chi connectivity index (χ0) is 13.8. The summed E-state index contributed by atoms with van der Waals surface area (Å²) in [7, 11) is 0. The summed E-state index contributed by atoms with van der Waals surface area (Å²) in [6, 6.07) is 1.99. The van der Waals surface area contributed by atoms with Gasteiger partial charge in [0.05, 0.1) is 5.56 Å². The molecule has 1 aliphatic carbocycles. The van der Waals surface area contributed by atoms with Crippen molar-refractivity contribution in [2.45, 2.75) is 32.2 Å². The van der Waals surface area contributed by atoms with Gasteiger partial charge < -0.3 is 16.4 Å². The van der Waals surface area contributed by atoms with Crippen LogP contribution in [0.25, 0.3) is 0 Å². The zero-order valence-corrected chi connectivity index (χ0v) is 10.9. The molecule has 1 saturated carbocycles. The number of nitrogens with one attached hydrogen (secondary N) is 2. The Labute approximate surface area is 111 Å². The van der Waals surface area contributed by atoms with Crippen molar-refractivity contribution < 1.29 is 9.59 Å². The van der Waals surface area contributed by atoms with E-state index >= 15 is 0 Å². The summed E-state index contributed by atoms with van der Waals surface area (Å²) < 4.78 is 0. The van der Waals surface area contributed by atoms with Crippen LogP contribution in [0.5, 0.6) is 0 Å². The van der Waals surface area contributed by atoms with Crippen LogP contribution >= 0.6 is 0 Å². The smallest absolute Gasteiger partial charge is 0.254 e. The normalized spacial score (nSPS) is 13.9. The zero-order valence-electron chi connectivity index (χ0n) is 10.9. The first kappa shape index (κ1) is 13.3. The van der Waals surface area contributed by atoms with E-state index in [4.69, 9.17) is 5.73 Å². The lowest BCUT2D eigenvalue weighted by Crippen LogP contribution is -2.32. The number of nitrogens with zero attached hydrogens (tertiary/aromatic N) is 1. The first-order chi connectivity index (χ1) is 9.06. The highest BCUT2D eigenvalue weighted by molar-refractivity contribution is 5.98. The van der Waals surface area contributed by atoms with Crippen LogP contribution in [-0.4, -0.2) is 29.4 Å². The van der Waals surface area contributed by atoms with E-state index in [0.717, 1.165) is 18.5 Å². The summed E-state index contributed by atoms with van der Waals surface area (Å²) in [4.78, 5) is 27.3. The Morgan fingerprint density at radius 2 is 2.21 bits per heavy atom. The van der Waals surface area contributed by atoms with Crippen LogP contribution < -0.4 is 16.4 Å². The van der Waals surface area contributed by atoms with Gasteiger partial charge in [-0.1, -0.05) is 0 Å². The van der Waals surface area contributed by atoms with Gasteiger partial charge in [-0.25, -0.2) is 0 Å². The molecule has 2 amide bonds. The number of aryl methyl sites for hydroxylation is 1. The van der Waals surface area contributed by atoms with Crippen LogP contribution in [0.15, 0.2) is 12.3 Å². The molecule has 1 aliphatic rings. The van der Waals surface area contributed by atoms with E-state index in [9.17, 15) is 9.59 Å². The predicted molar refractivity (Wildman–Crippen MR) is 71.5 cm³/mol. The summed E-state index contributed by atoms with van der Waals surface area (Å²) in [6.07, 6.45) is 3.85. The van der Waals surface area contributed by atoms with Crippen molar-refractivity contribution in [2.24, 2.45) is 0 Å². The van der Waals surface area contributed by atoms with E-state index in [1.54, 1.807) is 13.0 Å². The summed E-state index contributed by atoms with van der Waals surface area (Å²) >= 11 is 0. The van der Waals surface area contributed by atoms with Crippen molar-refractivity contribution >= 4 is 17.5 Å². The molecule has 0 bridgehead atoms. The number of rotatable bonds is 5. The van der Waals surface area contributed by atoms with E-state index in [1.807, 2.05) is 0 Å². The molecule has 6 nitrogen and oxygen atoms in total. The Morgan fingerprint density at radius 1 is 1.47 bits per heavy atom. The quantitative estimate of drug-likeness (QED) is 0.714. The molecule has 0 atom stereocenters. The highest BCUT2D eigenvalue weighted by Crippen LogP contribution is 2.18. The monoisotopic (exact) mass is 262 g/mol. The van der Waals surface area contributed by atoms with E-state index in [1.165, 1.54) is 6.20 Å². The first-order valence-corrected chi connectivity index (χ1v) is 6.36. The van der Waals surface area contributed by atoms with Crippen LogP contribution in [0, 0.1) is 6.92 Å². The van der Waals surface area contributed by atoms with E-state index in [-0.39, 0.29) is 18.2 Å². The number of anilines is 1. The molecule has 0 unspecified atom stereocenters. The fourth-order valence-electron chi connectivity index (χ4n) is 1.68. The van der Waals surface area contributed by atoms with Crippen molar-refractivity contribution in [3.05, 3.63) is 23.5 Å². The van der Waals surface area contributed by atoms with Gasteiger partial charge in [0.1, 0.15) is 0 Å². The molecule has 0 spiro atoms. The molecule has 0 radical (unpaired) electrons. The third-order valence-corrected chi connectivity index (χ3v) is 2.90. The second-order valence-corrected chi connectivity index (χ2v) is 4.76. The van der Waals surface area contributed by atoms with Crippen LogP contribution in [0.4, 0.5) is 5.69 Å². The van der Waals surface area contributed by atoms with Gasteiger partial charge in [0, 0.05) is 36.6 Å². The predicted octanol–water partition coefficient (Wildman–Crippen LogP) is 0.371. The van der Waals surface area contributed by atoms with Crippen LogP contribution in [0.1, 0.15) is 35.3 Å². The van der Waals surface area contributed by atoms with Crippen LogP contribution in [0.3, 0.4) is 0 Å². The third kappa shape index (κ3) is 3.94. The number of nitrogens with two attached hydrogens (primary N) is 1. The maximum atomic E-state index is 11.8. The van der Waals surface area contributed by atoms with Crippen molar-refractivity contribution in [1.29, 1.82) is 0 Å². The number of amides is 2. The Bertz CT molecular complexity index is 497. The van der Waals surface area contributed by atoms with Gasteiger partial charge >= 0.3 is 0 Å². The SMILES string of the molecule is Cc1cc(N)c(C(=O)NCCC(=O)NC2CC2)cn1. The molecule has 0 aromatic carbocycles. The van der Waals surface area contributed by atoms with Crippen molar-refractivity contribution in [3.8, 4) is 0 Å². The summed E-state index contributed by atoms with van der Waals surface area (Å²) in [5.41, 5.74) is 7.25. The molecule has 102 valence electrons. The van der Waals surface area contributed by atoms with Gasteiger partial charge in [0.25, 0.3) is 5.91 Å². The van der Waals surface area contributed by atoms with Gasteiger partial charge in [-0.05, 0) is 25.8 Å². The molecule has 4 N–H and O–H groups in total. The van der Waals surface area contributed by atoms with Gasteiger partial charge in [0.2, 0.25) is 5.91 Å². The summed E-state index contributed by atoms with van der Waals surface area (Å²) in [5, 5.41) is 5.52. The molecule has 1 aromatic rings. The molecule has 1 aromatic heterocycles. The Hall–Kier alpha value is -2.11. The molecule has 6 heteroatoms. The van der Waals surface area contributed by atoms with Crippen LogP contribution in [0.2, 0.25) is 0 Å². The lowest BCUT2D eigenvalue weighted by Gasteiger charge is -2.08. The molecular formula is C13H18N4O2. The van der Waals surface area contributed by atoms with Crippen molar-refractivity contribution in [1.82, 2.24) is 15.6 Å². The molecule has 1 fully saturated rings. The van der Waals surface area contributed by atoms with Gasteiger partial charge in [-0.15, -0.1) is 0 Å². The maximum Gasteiger partial charge on any atom is 0.254 e. The largest absolute Gasteiger partial charge is 0.398 e. The second-order valence-electron chi connectivity index (χ2n) is 4.76. The fraction of sp³-hybridized carbons (Fsp3) is 0.462. The Balaban J connectivity index is 1.78. The minimum Gasteiger partial charge on any atom is -0.398 e. The number of nitrogen functional groups attached to an aromatic ring is 1. The number of hydrogen-bond acceptors (Lipinski definition) is 4. The summed E-state index contributed by atoms with van der Waals surface area (Å²) in [6.45, 7) is 2.10. The Kier molecular flexibility index (Phi) is 3.99. The summed E-state index contributed by atoms with van der Waals surface area (Å²) in [5.74, 6) is -0.331. The average Bonchev–Trinajstić information content (AvgIpc) is 3.12. The first-order valence-electron chi connectivity index (χ1n) is 6.36. The second kappa shape index (κ2) is 5.69. The maximum absolute atomic E-state index is 11.8. The fourth-order valence-corrected chi connectivity index (χ4v) is 1.68. The minimum atomic E-state index is -0.302. The molecule has 19 heavy (non-hydrogen) atoms. The highest BCUT2D eigenvalue weighted by Gasteiger charge is 2.22. The van der Waals surface area contributed by atoms with E-state index < -0.39 is 0 Å². The number of pyridine rings is 1. The number of aromatic nitrogens is 1. The number of carbonyl (C=O) groups is 2. The topological polar surface area (TPSA) is 97.1 Å². The molecular weight excluding hydrogens is 244 g/mol. The van der Waals surface area contributed by atoms with Gasteiger partial charge in [-0.3, -0.25) is 14.6 Å². The molecule has 0 aliphatic heterocycles. The van der Waals surface area contributed by atoms with Gasteiger partial charge in [-0.2, -0.15) is 0 Å². The number of hydrogen-bond donors (Lipinski definition) is 3. The van der Waals surface area contributed by atoms with Crippen LogP contribution in [-0.2, 0) is 4.79 Å². The Morgan fingerprint density at radius 3 is 2.84 bits per heavy atom. The molecule has 1 heterocycles. The van der Waals surface area contributed by atoms with Crippen molar-refractivity contribution in [3.63, 3.8) is 0 Å². The molecule has 2 rings (SSSR count). The standard InChI is InChI=1S/C13H18N4O2/c1-8-6-11(14)10(7-16-8)13(19)15-5-4-12(18)17-9-2-3-9/h6-7,9H,2-5H2,1H3,(H2,14,16)(H,15,19)(H,17,18). The highest BCUT2D eigenvalue weighted by atomic mass is 16.2. The molecule has 0 saturated heterocycles. The lowest BCUT2D eigenvalue weighted by molar-refractivity contribution is -0.121. The minimum absolute atomic E-state index is 0.0298. The third-order valence-electron chi connectivity index (χ3n) is 2.90. The average molecular weight is 262 g/mol. The number of carbonyl (C=O) groups excluding carboxylic acids is 2. The van der Waals surface area contributed by atoms with Crippen molar-refractivity contribution in [2.75, 3.05) is 12.3 Å². The van der Waals surface area contributed by atoms with E-state index in [0.29, 0.717) is 23.8 Å². The van der Waals surface area contributed by atoms with E-state index in [2.05, 4.69) is 15.6 Å². The lowest BCUT2D eigenvalue weighted by atomic mass is 10.2. The van der Waals surface area contributed by atoms with Gasteiger partial charge in [0.15, 0.2) is 0 Å².